The van der Waals surface area contributed by atoms with Gasteiger partial charge in [0.15, 0.2) is 5.78 Å². The Morgan fingerprint density at radius 1 is 1.08 bits per heavy atom. The highest BCUT2D eigenvalue weighted by atomic mass is 32.1. The summed E-state index contributed by atoms with van der Waals surface area (Å²) in [5.74, 6) is -0.584. The van der Waals surface area contributed by atoms with E-state index in [0.717, 1.165) is 60.2 Å². The number of allylic oxidation sites excluding steroid dienone is 3. The van der Waals surface area contributed by atoms with Crippen molar-refractivity contribution in [2.45, 2.75) is 57.8 Å². The van der Waals surface area contributed by atoms with E-state index in [-0.39, 0.29) is 11.7 Å². The summed E-state index contributed by atoms with van der Waals surface area (Å²) in [7, 11) is 2.96. The summed E-state index contributed by atoms with van der Waals surface area (Å²) < 4.78 is 10.5. The maximum absolute atomic E-state index is 14.0. The highest BCUT2D eigenvalue weighted by Gasteiger charge is 2.39. The molecule has 2 heterocycles. The summed E-state index contributed by atoms with van der Waals surface area (Å²) in [5, 5.41) is 6.90. The van der Waals surface area contributed by atoms with Crippen LogP contribution >= 0.6 is 11.3 Å². The number of rotatable bonds is 5. The van der Waals surface area contributed by atoms with Crippen molar-refractivity contribution >= 4 is 34.0 Å². The molecule has 1 aromatic carbocycles. The Labute approximate surface area is 214 Å². The first kappa shape index (κ1) is 24.3. The summed E-state index contributed by atoms with van der Waals surface area (Å²) in [6.07, 6.45) is 5.76. The molecule has 0 spiro atoms. The highest BCUT2D eigenvalue weighted by molar-refractivity contribution is 7.17. The first-order valence-corrected chi connectivity index (χ1v) is 13.2. The Morgan fingerprint density at radius 3 is 2.67 bits per heavy atom. The number of nitrogens with one attached hydrogen (secondary N) is 2. The predicted molar refractivity (Wildman–Crippen MR) is 138 cm³/mol. The Morgan fingerprint density at radius 2 is 1.89 bits per heavy atom. The highest BCUT2D eigenvalue weighted by Crippen LogP contribution is 2.44. The largest absolute Gasteiger partial charge is 0.497 e. The molecule has 1 amide bonds. The number of carbonyl (C=O) groups excluding carboxylic acids is 3. The number of fused-ring (bicyclic) bond motifs is 1. The van der Waals surface area contributed by atoms with Crippen molar-refractivity contribution in [3.63, 3.8) is 0 Å². The fourth-order valence-corrected chi connectivity index (χ4v) is 6.85. The molecule has 1 aliphatic heterocycles. The van der Waals surface area contributed by atoms with Gasteiger partial charge in [-0.3, -0.25) is 9.59 Å². The summed E-state index contributed by atoms with van der Waals surface area (Å²) in [5.41, 5.74) is 4.96. The van der Waals surface area contributed by atoms with E-state index in [2.05, 4.69) is 10.6 Å². The summed E-state index contributed by atoms with van der Waals surface area (Å²) in [4.78, 5) is 41.0. The van der Waals surface area contributed by atoms with Gasteiger partial charge in [0.1, 0.15) is 10.8 Å². The molecule has 2 aliphatic carbocycles. The Bertz CT molecular complexity index is 1320. The number of hydrogen-bond donors (Lipinski definition) is 2. The average molecular weight is 507 g/mol. The van der Waals surface area contributed by atoms with E-state index in [0.29, 0.717) is 39.6 Å². The second-order valence-electron chi connectivity index (χ2n) is 9.40. The van der Waals surface area contributed by atoms with Gasteiger partial charge in [0, 0.05) is 39.8 Å². The lowest BCUT2D eigenvalue weighted by atomic mass is 9.75. The van der Waals surface area contributed by atoms with Crippen molar-refractivity contribution in [2.24, 2.45) is 0 Å². The average Bonchev–Trinajstić information content (AvgIpc) is 3.25. The molecule has 0 radical (unpaired) electrons. The molecule has 2 N–H and O–H groups in total. The number of dihydropyridines is 1. The second kappa shape index (κ2) is 9.93. The summed E-state index contributed by atoms with van der Waals surface area (Å²) in [6, 6.07) is 7.52. The molecule has 0 fully saturated rings. The smallest absolute Gasteiger partial charge is 0.341 e. The molecule has 188 valence electrons. The number of anilines is 1. The number of hydrogen-bond acceptors (Lipinski definition) is 7. The number of thiophene rings is 1. The second-order valence-corrected chi connectivity index (χ2v) is 10.5. The maximum Gasteiger partial charge on any atom is 0.341 e. The molecule has 36 heavy (non-hydrogen) atoms. The zero-order chi connectivity index (χ0) is 25.4. The van der Waals surface area contributed by atoms with E-state index < -0.39 is 11.9 Å². The lowest BCUT2D eigenvalue weighted by Crippen LogP contribution is -2.35. The third kappa shape index (κ3) is 4.23. The van der Waals surface area contributed by atoms with Crippen LogP contribution in [0.2, 0.25) is 0 Å². The van der Waals surface area contributed by atoms with Crippen molar-refractivity contribution in [1.82, 2.24) is 5.32 Å². The zero-order valence-electron chi connectivity index (χ0n) is 20.8. The van der Waals surface area contributed by atoms with Crippen LogP contribution in [0.3, 0.4) is 0 Å². The van der Waals surface area contributed by atoms with Crippen LogP contribution < -0.4 is 15.4 Å². The van der Waals surface area contributed by atoms with Crippen molar-refractivity contribution in [3.8, 4) is 5.75 Å². The summed E-state index contributed by atoms with van der Waals surface area (Å²) in [6.45, 7) is 1.87. The van der Waals surface area contributed by atoms with E-state index in [1.165, 1.54) is 18.4 Å². The third-order valence-electron chi connectivity index (χ3n) is 7.24. The van der Waals surface area contributed by atoms with Crippen molar-refractivity contribution in [2.75, 3.05) is 19.5 Å². The van der Waals surface area contributed by atoms with Gasteiger partial charge in [-0.1, -0.05) is 12.1 Å². The van der Waals surface area contributed by atoms with E-state index in [4.69, 9.17) is 9.47 Å². The molecule has 3 aliphatic rings. The lowest BCUT2D eigenvalue weighted by molar-refractivity contribution is -0.116. The van der Waals surface area contributed by atoms with Gasteiger partial charge in [0.2, 0.25) is 0 Å². The lowest BCUT2D eigenvalue weighted by Gasteiger charge is -2.34. The third-order valence-corrected chi connectivity index (χ3v) is 8.44. The number of carbonyl (C=O) groups is 3. The van der Waals surface area contributed by atoms with Gasteiger partial charge in [-0.2, -0.15) is 0 Å². The molecular weight excluding hydrogens is 476 g/mol. The minimum Gasteiger partial charge on any atom is -0.497 e. The molecule has 5 rings (SSSR count). The van der Waals surface area contributed by atoms with Crippen molar-refractivity contribution in [3.05, 3.63) is 68.4 Å². The van der Waals surface area contributed by atoms with Gasteiger partial charge in [-0.15, -0.1) is 11.3 Å². The number of benzene rings is 1. The molecule has 1 atom stereocenters. The van der Waals surface area contributed by atoms with Crippen molar-refractivity contribution in [1.29, 1.82) is 0 Å². The number of esters is 1. The van der Waals surface area contributed by atoms with Crippen LogP contribution in [0.5, 0.6) is 5.75 Å². The zero-order valence-corrected chi connectivity index (χ0v) is 21.6. The Kier molecular flexibility index (Phi) is 6.71. The summed E-state index contributed by atoms with van der Waals surface area (Å²) >= 11 is 1.45. The van der Waals surface area contributed by atoms with Gasteiger partial charge < -0.3 is 20.1 Å². The van der Waals surface area contributed by atoms with E-state index in [1.54, 1.807) is 7.11 Å². The number of Topliss-reactive ketones (excluding diaryl/α,β-unsaturated/α-hetero) is 1. The number of ether oxygens (including phenoxy) is 2. The van der Waals surface area contributed by atoms with Gasteiger partial charge in [0.05, 0.1) is 19.8 Å². The van der Waals surface area contributed by atoms with Crippen LogP contribution in [0.15, 0.2) is 46.8 Å². The van der Waals surface area contributed by atoms with Crippen LogP contribution in [0.25, 0.3) is 0 Å². The van der Waals surface area contributed by atoms with Crippen molar-refractivity contribution < 1.29 is 23.9 Å². The van der Waals surface area contributed by atoms with Crippen LogP contribution in [0.1, 0.15) is 71.3 Å². The van der Waals surface area contributed by atoms with Crippen LogP contribution in [0.4, 0.5) is 5.00 Å². The number of ketones is 1. The molecule has 7 nitrogen and oxygen atoms in total. The Balaban J connectivity index is 1.58. The molecule has 1 aromatic heterocycles. The minimum absolute atomic E-state index is 0.0520. The fourth-order valence-electron chi connectivity index (χ4n) is 5.58. The standard InChI is InChI=1S/C28H30N2O5S/c1-15-22(26(32)30-27-24(28(33)35-3)18-10-4-5-13-21(18)36-27)23(16-8-6-9-17(14-16)34-2)25-19(29-15)11-7-12-20(25)31/h6,8-9,14,23,29H,4-5,7,10-13H2,1-3H3,(H,30,32)/t23-/m0/s1. The van der Waals surface area contributed by atoms with E-state index in [9.17, 15) is 14.4 Å². The van der Waals surface area contributed by atoms with Crippen LogP contribution in [0, 0.1) is 0 Å². The van der Waals surface area contributed by atoms with E-state index >= 15 is 0 Å². The van der Waals surface area contributed by atoms with Gasteiger partial charge in [-0.05, 0) is 68.7 Å². The predicted octanol–water partition coefficient (Wildman–Crippen LogP) is 5.03. The SMILES string of the molecule is COC(=O)c1c(NC(=O)C2=C(C)NC3=C(C(=O)CCC3)[C@H]2c2cccc(OC)c2)sc2c1CCCC2. The number of amides is 1. The first-order valence-electron chi connectivity index (χ1n) is 12.3. The van der Waals surface area contributed by atoms with Gasteiger partial charge >= 0.3 is 5.97 Å². The minimum atomic E-state index is -0.527. The quantitative estimate of drug-likeness (QED) is 0.553. The molecular formula is C28H30N2O5S. The molecule has 0 saturated carbocycles. The molecule has 8 heteroatoms. The number of methoxy groups -OCH3 is 2. The van der Waals surface area contributed by atoms with Gasteiger partial charge in [0.25, 0.3) is 5.91 Å². The normalized spacial score (nSPS) is 19.3. The molecule has 0 bridgehead atoms. The molecule has 0 saturated heterocycles. The van der Waals surface area contributed by atoms with Crippen LogP contribution in [-0.4, -0.2) is 31.9 Å². The molecule has 0 unspecified atom stereocenters. The van der Waals surface area contributed by atoms with Crippen LogP contribution in [-0.2, 0) is 27.2 Å². The fraction of sp³-hybridized carbons (Fsp3) is 0.393. The van der Waals surface area contributed by atoms with E-state index in [1.807, 2.05) is 31.2 Å². The topological polar surface area (TPSA) is 93.7 Å². The monoisotopic (exact) mass is 506 g/mol. The van der Waals surface area contributed by atoms with Gasteiger partial charge in [-0.25, -0.2) is 4.79 Å². The maximum atomic E-state index is 14.0. The Hall–Kier alpha value is -3.39. The molecule has 2 aromatic rings. The first-order chi connectivity index (χ1) is 17.4. The number of aryl methyl sites for hydroxylation is 1.